The Bertz CT molecular complexity index is 893. The van der Waals surface area contributed by atoms with Crippen molar-refractivity contribution in [1.82, 2.24) is 10.1 Å². The lowest BCUT2D eigenvalue weighted by atomic mass is 9.92. The third-order valence-corrected chi connectivity index (χ3v) is 6.41. The number of carbonyl (C=O) groups excluding carboxylic acids is 1. The highest BCUT2D eigenvalue weighted by Gasteiger charge is 2.34. The van der Waals surface area contributed by atoms with Crippen LogP contribution in [-0.4, -0.2) is 35.5 Å². The zero-order chi connectivity index (χ0) is 18.4. The van der Waals surface area contributed by atoms with Gasteiger partial charge in [0.25, 0.3) is 0 Å². The van der Waals surface area contributed by atoms with Gasteiger partial charge in [0.1, 0.15) is 11.5 Å². The Morgan fingerprint density at radius 1 is 1.26 bits per heavy atom. The van der Waals surface area contributed by atoms with Crippen molar-refractivity contribution in [2.45, 2.75) is 38.5 Å². The Labute approximate surface area is 160 Å². The number of rotatable bonds is 6. The summed E-state index contributed by atoms with van der Waals surface area (Å²) in [5.74, 6) is 2.46. The van der Waals surface area contributed by atoms with E-state index in [0.717, 1.165) is 44.7 Å². The normalized spacial score (nSPS) is 24.9. The first kappa shape index (κ1) is 16.9. The minimum atomic E-state index is 0.134. The molecule has 0 bridgehead atoms. The summed E-state index contributed by atoms with van der Waals surface area (Å²) in [5.41, 5.74) is 4.80. The number of hydrogen-bond donors (Lipinski definition) is 0. The topological polar surface area (TPSA) is 46.3 Å². The fourth-order valence-corrected chi connectivity index (χ4v) is 4.61. The average molecular weight is 362 g/mol. The number of nitrogens with zero attached hydrogens (tertiary/aromatic N) is 2. The lowest BCUT2D eigenvalue weighted by Gasteiger charge is -2.17. The minimum absolute atomic E-state index is 0.134. The van der Waals surface area contributed by atoms with E-state index in [1.54, 1.807) is 0 Å². The van der Waals surface area contributed by atoms with Gasteiger partial charge in [-0.05, 0) is 47.8 Å². The number of allylic oxidation sites excluding steroid dienone is 1. The van der Waals surface area contributed by atoms with Crippen LogP contribution in [-0.2, 0) is 6.42 Å². The molecule has 1 aromatic carbocycles. The lowest BCUT2D eigenvalue weighted by molar-refractivity contribution is 0.0946. The Balaban J connectivity index is 1.20. The molecule has 4 nitrogen and oxygen atoms in total. The van der Waals surface area contributed by atoms with Crippen LogP contribution in [0.15, 0.2) is 40.9 Å². The van der Waals surface area contributed by atoms with Gasteiger partial charge < -0.3 is 4.52 Å². The van der Waals surface area contributed by atoms with Crippen molar-refractivity contribution in [3.8, 4) is 0 Å². The van der Waals surface area contributed by atoms with Crippen LogP contribution in [0.2, 0.25) is 0 Å². The Morgan fingerprint density at radius 3 is 2.96 bits per heavy atom. The largest absolute Gasteiger partial charge is 0.360 e. The molecule has 3 aliphatic rings. The smallest absolute Gasteiger partial charge is 0.185 e. The van der Waals surface area contributed by atoms with Crippen molar-refractivity contribution in [3.63, 3.8) is 0 Å². The van der Waals surface area contributed by atoms with Gasteiger partial charge in [0.15, 0.2) is 5.78 Å². The number of fused-ring (bicyclic) bond motifs is 1. The van der Waals surface area contributed by atoms with E-state index in [4.69, 9.17) is 4.52 Å². The lowest BCUT2D eigenvalue weighted by Crippen LogP contribution is -2.23. The molecular weight excluding hydrogens is 336 g/mol. The van der Waals surface area contributed by atoms with Crippen LogP contribution in [0.25, 0.3) is 5.57 Å². The molecule has 0 N–H and O–H groups in total. The summed E-state index contributed by atoms with van der Waals surface area (Å²) in [6.07, 6.45) is 6.31. The number of Topliss-reactive ketones (excluding diaryl/α,β-unsaturated/α-hetero) is 1. The van der Waals surface area contributed by atoms with Gasteiger partial charge in [-0.3, -0.25) is 9.69 Å². The highest BCUT2D eigenvalue weighted by molar-refractivity contribution is 5.94. The van der Waals surface area contributed by atoms with Crippen LogP contribution < -0.4 is 0 Å². The Kier molecular flexibility index (Phi) is 4.24. The maximum absolute atomic E-state index is 12.7. The van der Waals surface area contributed by atoms with E-state index in [1.807, 2.05) is 6.07 Å². The van der Waals surface area contributed by atoms with Crippen molar-refractivity contribution in [1.29, 1.82) is 0 Å². The summed E-state index contributed by atoms with van der Waals surface area (Å²) in [5, 5.41) is 4.02. The zero-order valence-electron chi connectivity index (χ0n) is 15.9. The van der Waals surface area contributed by atoms with Gasteiger partial charge in [-0.25, -0.2) is 0 Å². The van der Waals surface area contributed by atoms with E-state index in [-0.39, 0.29) is 5.78 Å². The van der Waals surface area contributed by atoms with E-state index in [2.05, 4.69) is 47.3 Å². The van der Waals surface area contributed by atoms with E-state index in [0.29, 0.717) is 29.9 Å². The molecule has 1 aliphatic heterocycles. The summed E-state index contributed by atoms with van der Waals surface area (Å²) in [4.78, 5) is 15.2. The number of aromatic nitrogens is 1. The first-order chi connectivity index (χ1) is 13.2. The standard InChI is InChI=1S/C23H26N2O2/c1-15-12-25(13-18-9-6-16-4-2-3-5-20(16)18)14-19(15)10-22(26)21-11-23(27-24-21)17-7-8-17/h2-5,9,11,15,17,19H,6-8,10,12-14H2,1H3/t15-,19?/m1/s1. The molecule has 0 spiro atoms. The van der Waals surface area contributed by atoms with E-state index in [9.17, 15) is 4.79 Å². The van der Waals surface area contributed by atoms with E-state index >= 15 is 0 Å². The number of likely N-dealkylation sites (tertiary alicyclic amines) is 1. The molecular formula is C23H26N2O2. The molecule has 1 saturated heterocycles. The van der Waals surface area contributed by atoms with Crippen LogP contribution >= 0.6 is 0 Å². The SMILES string of the molecule is C[C@@H]1CN(CC2=CCc3ccccc32)CC1CC(=O)c1cc(C2CC2)on1. The van der Waals surface area contributed by atoms with Crippen molar-refractivity contribution in [3.05, 3.63) is 59.0 Å². The zero-order valence-corrected chi connectivity index (χ0v) is 15.9. The van der Waals surface area contributed by atoms with E-state index in [1.165, 1.54) is 16.7 Å². The van der Waals surface area contributed by atoms with Gasteiger partial charge in [0, 0.05) is 38.0 Å². The van der Waals surface area contributed by atoms with Crippen LogP contribution in [0.5, 0.6) is 0 Å². The van der Waals surface area contributed by atoms with Crippen molar-refractivity contribution in [2.24, 2.45) is 11.8 Å². The maximum atomic E-state index is 12.7. The molecule has 2 fully saturated rings. The number of benzene rings is 1. The third-order valence-electron chi connectivity index (χ3n) is 6.41. The van der Waals surface area contributed by atoms with Gasteiger partial charge >= 0.3 is 0 Å². The van der Waals surface area contributed by atoms with Crippen LogP contribution in [0.1, 0.15) is 59.5 Å². The number of ketones is 1. The second-order valence-electron chi connectivity index (χ2n) is 8.54. The number of hydrogen-bond acceptors (Lipinski definition) is 4. The van der Waals surface area contributed by atoms with Gasteiger partial charge in [0.2, 0.25) is 0 Å². The summed E-state index contributed by atoms with van der Waals surface area (Å²) in [6.45, 7) is 5.30. The molecule has 1 aromatic heterocycles. The van der Waals surface area contributed by atoms with E-state index < -0.39 is 0 Å². The molecule has 27 heavy (non-hydrogen) atoms. The quantitative estimate of drug-likeness (QED) is 0.718. The van der Waals surface area contributed by atoms with Crippen LogP contribution in [0.3, 0.4) is 0 Å². The van der Waals surface area contributed by atoms with Gasteiger partial charge in [0.05, 0.1) is 0 Å². The van der Waals surface area contributed by atoms with Crippen LogP contribution in [0.4, 0.5) is 0 Å². The summed E-state index contributed by atoms with van der Waals surface area (Å²) in [7, 11) is 0. The Morgan fingerprint density at radius 2 is 2.11 bits per heavy atom. The molecule has 2 aromatic rings. The fraction of sp³-hybridized carbons (Fsp3) is 0.478. The average Bonchev–Trinajstić information content (AvgIpc) is 3.11. The summed E-state index contributed by atoms with van der Waals surface area (Å²) < 4.78 is 5.36. The first-order valence-electron chi connectivity index (χ1n) is 10.2. The molecule has 0 radical (unpaired) electrons. The molecule has 2 atom stereocenters. The van der Waals surface area contributed by atoms with Gasteiger partial charge in [-0.15, -0.1) is 0 Å². The predicted molar refractivity (Wildman–Crippen MR) is 105 cm³/mol. The molecule has 1 saturated carbocycles. The molecule has 4 heteroatoms. The predicted octanol–water partition coefficient (Wildman–Crippen LogP) is 4.33. The number of carbonyl (C=O) groups is 1. The van der Waals surface area contributed by atoms with Gasteiger partial charge in [-0.1, -0.05) is 42.4 Å². The van der Waals surface area contributed by atoms with Crippen molar-refractivity contribution < 1.29 is 9.32 Å². The second kappa shape index (κ2) is 6.75. The fourth-order valence-electron chi connectivity index (χ4n) is 4.61. The molecule has 5 rings (SSSR count). The second-order valence-corrected chi connectivity index (χ2v) is 8.54. The van der Waals surface area contributed by atoms with Crippen molar-refractivity contribution in [2.75, 3.05) is 19.6 Å². The molecule has 1 unspecified atom stereocenters. The van der Waals surface area contributed by atoms with Gasteiger partial charge in [-0.2, -0.15) is 0 Å². The third kappa shape index (κ3) is 3.39. The monoisotopic (exact) mass is 362 g/mol. The summed E-state index contributed by atoms with van der Waals surface area (Å²) in [6, 6.07) is 10.6. The Hall–Kier alpha value is -2.20. The first-order valence-corrected chi connectivity index (χ1v) is 10.2. The summed E-state index contributed by atoms with van der Waals surface area (Å²) >= 11 is 0. The molecule has 2 heterocycles. The highest BCUT2D eigenvalue weighted by Crippen LogP contribution is 2.40. The minimum Gasteiger partial charge on any atom is -0.360 e. The molecule has 0 amide bonds. The van der Waals surface area contributed by atoms with Crippen molar-refractivity contribution >= 4 is 11.4 Å². The molecule has 140 valence electrons. The van der Waals surface area contributed by atoms with Crippen LogP contribution in [0, 0.1) is 11.8 Å². The molecule has 2 aliphatic carbocycles. The highest BCUT2D eigenvalue weighted by atomic mass is 16.5. The maximum Gasteiger partial charge on any atom is 0.185 e.